The molecule has 8 heteroatoms. The van der Waals surface area contributed by atoms with Gasteiger partial charge in [0, 0.05) is 44.9 Å². The van der Waals surface area contributed by atoms with Gasteiger partial charge in [0.05, 0.1) is 5.56 Å². The highest BCUT2D eigenvalue weighted by Crippen LogP contribution is 2.24. The van der Waals surface area contributed by atoms with Crippen molar-refractivity contribution in [3.05, 3.63) is 59.8 Å². The highest BCUT2D eigenvalue weighted by molar-refractivity contribution is 5.99. The zero-order chi connectivity index (χ0) is 19.7. The lowest BCUT2D eigenvalue weighted by Crippen LogP contribution is -2.41. The van der Waals surface area contributed by atoms with Gasteiger partial charge in [0.1, 0.15) is 17.5 Å². The van der Waals surface area contributed by atoms with E-state index in [9.17, 15) is 9.18 Å². The number of aryl methyl sites for hydroxylation is 1. The van der Waals surface area contributed by atoms with Gasteiger partial charge in [-0.15, -0.1) is 10.2 Å². The SMILES string of the molecule is CN(C)c1ncccc1C(=O)N[C@H]1CCc2nnc(-c3ccc(F)cc3)n2C1. The average Bonchev–Trinajstić information content (AvgIpc) is 3.12. The molecule has 0 spiro atoms. The van der Waals surface area contributed by atoms with Crippen molar-refractivity contribution in [1.82, 2.24) is 25.1 Å². The minimum Gasteiger partial charge on any atom is -0.362 e. The Balaban J connectivity index is 1.54. The van der Waals surface area contributed by atoms with Gasteiger partial charge in [-0.25, -0.2) is 9.37 Å². The highest BCUT2D eigenvalue weighted by atomic mass is 19.1. The molecule has 1 amide bonds. The van der Waals surface area contributed by atoms with E-state index in [0.717, 1.165) is 17.8 Å². The fourth-order valence-electron chi connectivity index (χ4n) is 3.45. The Morgan fingerprint density at radius 2 is 2.00 bits per heavy atom. The van der Waals surface area contributed by atoms with Crippen LogP contribution in [0.1, 0.15) is 22.6 Å². The molecular formula is C20H21FN6O. The van der Waals surface area contributed by atoms with E-state index in [0.29, 0.717) is 30.2 Å². The first-order chi connectivity index (χ1) is 13.5. The highest BCUT2D eigenvalue weighted by Gasteiger charge is 2.26. The predicted molar refractivity (Wildman–Crippen MR) is 104 cm³/mol. The first-order valence-corrected chi connectivity index (χ1v) is 9.14. The summed E-state index contributed by atoms with van der Waals surface area (Å²) in [5.41, 5.74) is 1.34. The van der Waals surface area contributed by atoms with Crippen molar-refractivity contribution in [2.24, 2.45) is 0 Å². The third-order valence-corrected chi connectivity index (χ3v) is 4.84. The molecule has 7 nitrogen and oxygen atoms in total. The molecule has 0 radical (unpaired) electrons. The largest absolute Gasteiger partial charge is 0.362 e. The summed E-state index contributed by atoms with van der Waals surface area (Å²) in [6, 6.07) is 9.67. The molecule has 0 unspecified atom stereocenters. The molecule has 1 aliphatic rings. The van der Waals surface area contributed by atoms with Crippen molar-refractivity contribution in [3.8, 4) is 11.4 Å². The molecule has 1 N–H and O–H groups in total. The van der Waals surface area contributed by atoms with Crippen LogP contribution in [-0.2, 0) is 13.0 Å². The van der Waals surface area contributed by atoms with E-state index in [1.807, 2.05) is 23.6 Å². The minimum absolute atomic E-state index is 0.0505. The predicted octanol–water partition coefficient (Wildman–Crippen LogP) is 2.29. The van der Waals surface area contributed by atoms with Crippen LogP contribution in [0.25, 0.3) is 11.4 Å². The number of carbonyl (C=O) groups is 1. The summed E-state index contributed by atoms with van der Waals surface area (Å²) in [5, 5.41) is 11.6. The summed E-state index contributed by atoms with van der Waals surface area (Å²) < 4.78 is 15.2. The molecule has 0 saturated heterocycles. The molecular weight excluding hydrogens is 359 g/mol. The number of amides is 1. The van der Waals surface area contributed by atoms with Gasteiger partial charge in [-0.2, -0.15) is 0 Å². The van der Waals surface area contributed by atoms with Crippen LogP contribution in [-0.4, -0.2) is 45.8 Å². The van der Waals surface area contributed by atoms with Crippen LogP contribution < -0.4 is 10.2 Å². The minimum atomic E-state index is -0.291. The van der Waals surface area contributed by atoms with E-state index in [1.165, 1.54) is 12.1 Å². The first kappa shape index (κ1) is 18.1. The fourth-order valence-corrected chi connectivity index (χ4v) is 3.45. The Morgan fingerprint density at radius 1 is 1.21 bits per heavy atom. The number of benzene rings is 1. The summed E-state index contributed by atoms with van der Waals surface area (Å²) in [7, 11) is 3.72. The molecule has 144 valence electrons. The van der Waals surface area contributed by atoms with Gasteiger partial charge in [0.25, 0.3) is 5.91 Å². The van der Waals surface area contributed by atoms with Crippen molar-refractivity contribution in [2.75, 3.05) is 19.0 Å². The third-order valence-electron chi connectivity index (χ3n) is 4.84. The van der Waals surface area contributed by atoms with Crippen molar-refractivity contribution >= 4 is 11.7 Å². The van der Waals surface area contributed by atoms with Gasteiger partial charge in [-0.3, -0.25) is 4.79 Å². The maximum Gasteiger partial charge on any atom is 0.255 e. The molecule has 3 heterocycles. The zero-order valence-electron chi connectivity index (χ0n) is 15.8. The monoisotopic (exact) mass is 380 g/mol. The lowest BCUT2D eigenvalue weighted by molar-refractivity contribution is 0.0928. The van der Waals surface area contributed by atoms with Crippen molar-refractivity contribution in [3.63, 3.8) is 0 Å². The van der Waals surface area contributed by atoms with Crippen LogP contribution >= 0.6 is 0 Å². The van der Waals surface area contributed by atoms with E-state index in [4.69, 9.17) is 0 Å². The number of rotatable bonds is 4. The Labute approximate surface area is 162 Å². The number of carbonyl (C=O) groups excluding carboxylic acids is 1. The number of hydrogen-bond donors (Lipinski definition) is 1. The molecule has 0 fully saturated rings. The summed E-state index contributed by atoms with van der Waals surface area (Å²) >= 11 is 0. The summed E-state index contributed by atoms with van der Waals surface area (Å²) in [4.78, 5) is 18.9. The lowest BCUT2D eigenvalue weighted by atomic mass is 10.1. The number of fused-ring (bicyclic) bond motifs is 1. The quantitative estimate of drug-likeness (QED) is 0.752. The Bertz CT molecular complexity index is 998. The number of nitrogens with one attached hydrogen (secondary N) is 1. The Hall–Kier alpha value is -3.29. The Kier molecular flexibility index (Phi) is 4.77. The molecule has 1 aromatic carbocycles. The third kappa shape index (κ3) is 3.45. The first-order valence-electron chi connectivity index (χ1n) is 9.14. The van der Waals surface area contributed by atoms with Crippen LogP contribution in [0.2, 0.25) is 0 Å². The van der Waals surface area contributed by atoms with E-state index >= 15 is 0 Å². The smallest absolute Gasteiger partial charge is 0.255 e. The van der Waals surface area contributed by atoms with Crippen LogP contribution in [0.5, 0.6) is 0 Å². The Morgan fingerprint density at radius 3 is 2.75 bits per heavy atom. The van der Waals surface area contributed by atoms with Crippen LogP contribution in [0, 0.1) is 5.82 Å². The molecule has 1 aliphatic heterocycles. The van der Waals surface area contributed by atoms with Crippen LogP contribution in [0.3, 0.4) is 0 Å². The number of anilines is 1. The van der Waals surface area contributed by atoms with Crippen molar-refractivity contribution in [2.45, 2.75) is 25.4 Å². The van der Waals surface area contributed by atoms with Gasteiger partial charge in [0.2, 0.25) is 0 Å². The molecule has 4 rings (SSSR count). The number of pyridine rings is 1. The van der Waals surface area contributed by atoms with Crippen LogP contribution in [0.15, 0.2) is 42.6 Å². The van der Waals surface area contributed by atoms with Crippen molar-refractivity contribution < 1.29 is 9.18 Å². The van der Waals surface area contributed by atoms with E-state index in [1.54, 1.807) is 30.5 Å². The maximum absolute atomic E-state index is 13.2. The van der Waals surface area contributed by atoms with Gasteiger partial charge in [0.15, 0.2) is 5.82 Å². The molecule has 1 atom stereocenters. The number of halogens is 1. The average molecular weight is 380 g/mol. The second-order valence-corrected chi connectivity index (χ2v) is 7.04. The van der Waals surface area contributed by atoms with E-state index in [-0.39, 0.29) is 17.8 Å². The van der Waals surface area contributed by atoms with Crippen molar-refractivity contribution in [1.29, 1.82) is 0 Å². The fraction of sp³-hybridized carbons (Fsp3) is 0.300. The van der Waals surface area contributed by atoms with Gasteiger partial charge < -0.3 is 14.8 Å². The van der Waals surface area contributed by atoms with Crippen LogP contribution in [0.4, 0.5) is 10.2 Å². The maximum atomic E-state index is 13.2. The topological polar surface area (TPSA) is 75.9 Å². The van der Waals surface area contributed by atoms with Gasteiger partial charge in [-0.1, -0.05) is 0 Å². The van der Waals surface area contributed by atoms with Gasteiger partial charge in [-0.05, 0) is 42.8 Å². The number of nitrogens with zero attached hydrogens (tertiary/aromatic N) is 5. The summed E-state index contributed by atoms with van der Waals surface area (Å²) in [6.07, 6.45) is 3.17. The lowest BCUT2D eigenvalue weighted by Gasteiger charge is -2.26. The molecule has 0 aliphatic carbocycles. The molecule has 28 heavy (non-hydrogen) atoms. The van der Waals surface area contributed by atoms with E-state index in [2.05, 4.69) is 20.5 Å². The zero-order valence-corrected chi connectivity index (χ0v) is 15.8. The number of aromatic nitrogens is 4. The summed E-state index contributed by atoms with van der Waals surface area (Å²) in [6.45, 7) is 0.568. The molecule has 0 saturated carbocycles. The normalized spacial score (nSPS) is 15.8. The molecule has 2 aromatic heterocycles. The molecule has 3 aromatic rings. The number of hydrogen-bond acceptors (Lipinski definition) is 5. The second kappa shape index (κ2) is 7.38. The summed E-state index contributed by atoms with van der Waals surface area (Å²) in [5.74, 6) is 1.75. The standard InChI is InChI=1S/C20H21FN6O/c1-26(2)19-16(4-3-11-22-19)20(28)23-15-9-10-17-24-25-18(27(17)12-15)13-5-7-14(21)8-6-13/h3-8,11,15H,9-10,12H2,1-2H3,(H,23,28)/t15-/m0/s1. The van der Waals surface area contributed by atoms with Gasteiger partial charge >= 0.3 is 0 Å². The second-order valence-electron chi connectivity index (χ2n) is 7.04. The molecule has 0 bridgehead atoms. The van der Waals surface area contributed by atoms with E-state index < -0.39 is 0 Å².